The highest BCUT2D eigenvalue weighted by molar-refractivity contribution is 14.1. The number of hydrogen-bond acceptors (Lipinski definition) is 3. The number of aromatic hydroxyl groups is 1. The number of thiophene rings is 1. The minimum atomic E-state index is -0.933. The smallest absolute Gasteiger partial charge is 0.337 e. The molecule has 0 aliphatic carbocycles. The molecule has 1 aromatic carbocycles. The average Bonchev–Trinajstić information content (AvgIpc) is 2.55. The van der Waals surface area contributed by atoms with E-state index in [4.69, 9.17) is 5.11 Å². The van der Waals surface area contributed by atoms with Crippen LogP contribution < -0.4 is 0 Å². The van der Waals surface area contributed by atoms with Gasteiger partial charge in [0.1, 0.15) is 5.75 Å². The van der Waals surface area contributed by atoms with Crippen molar-refractivity contribution in [1.82, 2.24) is 0 Å². The van der Waals surface area contributed by atoms with Crippen molar-refractivity contribution < 1.29 is 15.0 Å². The zero-order valence-electron chi connectivity index (χ0n) is 6.82. The number of carbonyl (C=O) groups is 1. The topological polar surface area (TPSA) is 57.5 Å². The molecule has 2 aromatic rings. The number of benzene rings is 1. The van der Waals surface area contributed by atoms with Crippen molar-refractivity contribution in [1.29, 1.82) is 0 Å². The van der Waals surface area contributed by atoms with E-state index in [2.05, 4.69) is 0 Å². The second-order valence-electron chi connectivity index (χ2n) is 2.73. The maximum absolute atomic E-state index is 10.8. The molecule has 0 atom stereocenters. The van der Waals surface area contributed by atoms with Gasteiger partial charge in [-0.25, -0.2) is 4.79 Å². The number of phenolic OH excluding ortho intramolecular Hbond substituents is 1. The van der Waals surface area contributed by atoms with Gasteiger partial charge in [-0.05, 0) is 34.7 Å². The third-order valence-corrected chi connectivity index (χ3v) is 4.36. The minimum Gasteiger partial charge on any atom is -0.507 e. The maximum Gasteiger partial charge on any atom is 0.337 e. The second-order valence-corrected chi connectivity index (χ2v) is 4.69. The van der Waals surface area contributed by atoms with E-state index in [0.29, 0.717) is 14.5 Å². The lowest BCUT2D eigenvalue weighted by Crippen LogP contribution is -1.93. The molecule has 0 saturated heterocycles. The van der Waals surface area contributed by atoms with Crippen LogP contribution in [0.4, 0.5) is 0 Å². The molecule has 0 aliphatic rings. The molecule has 2 N–H and O–H groups in total. The number of fused-ring (bicyclic) bond motifs is 1. The minimum absolute atomic E-state index is 0.192. The second kappa shape index (κ2) is 3.39. The van der Waals surface area contributed by atoms with Crippen LogP contribution in [0, 0.1) is 3.57 Å². The van der Waals surface area contributed by atoms with E-state index >= 15 is 0 Å². The zero-order valence-corrected chi connectivity index (χ0v) is 9.79. The largest absolute Gasteiger partial charge is 0.507 e. The van der Waals surface area contributed by atoms with Crippen molar-refractivity contribution >= 4 is 50.0 Å². The van der Waals surface area contributed by atoms with Gasteiger partial charge >= 0.3 is 5.97 Å². The fourth-order valence-corrected chi connectivity index (χ4v) is 3.05. The van der Waals surface area contributed by atoms with E-state index in [9.17, 15) is 9.90 Å². The molecule has 1 aromatic heterocycles. The summed E-state index contributed by atoms with van der Waals surface area (Å²) < 4.78 is 1.53. The van der Waals surface area contributed by atoms with Gasteiger partial charge in [0.15, 0.2) is 0 Å². The average molecular weight is 320 g/mol. The van der Waals surface area contributed by atoms with Crippen LogP contribution in [0.15, 0.2) is 17.5 Å². The lowest BCUT2D eigenvalue weighted by atomic mass is 10.2. The van der Waals surface area contributed by atoms with E-state index in [0.717, 1.165) is 4.70 Å². The van der Waals surface area contributed by atoms with Crippen molar-refractivity contribution in [2.24, 2.45) is 0 Å². The van der Waals surface area contributed by atoms with Crippen LogP contribution in [0.5, 0.6) is 5.75 Å². The normalized spacial score (nSPS) is 10.6. The van der Waals surface area contributed by atoms with Gasteiger partial charge < -0.3 is 10.2 Å². The molecule has 14 heavy (non-hydrogen) atoms. The fraction of sp³-hybridized carbons (Fsp3) is 0. The van der Waals surface area contributed by atoms with Crippen molar-refractivity contribution in [3.05, 3.63) is 26.6 Å². The van der Waals surface area contributed by atoms with Crippen molar-refractivity contribution in [2.75, 3.05) is 0 Å². The summed E-state index contributed by atoms with van der Waals surface area (Å²) in [6.45, 7) is 0. The maximum atomic E-state index is 10.8. The first-order valence-electron chi connectivity index (χ1n) is 3.73. The van der Waals surface area contributed by atoms with Gasteiger partial charge in [-0.3, -0.25) is 0 Å². The number of halogens is 1. The summed E-state index contributed by atoms with van der Waals surface area (Å²) in [4.78, 5) is 10.8. The highest BCUT2D eigenvalue weighted by atomic mass is 127. The van der Waals surface area contributed by atoms with Crippen molar-refractivity contribution in [2.45, 2.75) is 0 Å². The summed E-state index contributed by atoms with van der Waals surface area (Å²) in [5.41, 5.74) is 0.294. The first-order chi connectivity index (χ1) is 6.61. The lowest BCUT2D eigenvalue weighted by molar-refractivity contribution is 0.0699. The highest BCUT2D eigenvalue weighted by Gasteiger charge is 2.13. The van der Waals surface area contributed by atoms with Crippen LogP contribution in [0.2, 0.25) is 0 Å². The molecular weight excluding hydrogens is 315 g/mol. The predicted molar refractivity (Wildman–Crippen MR) is 63.2 cm³/mol. The van der Waals surface area contributed by atoms with Gasteiger partial charge in [0.25, 0.3) is 0 Å². The molecule has 0 saturated carbocycles. The Bertz CT molecular complexity index is 518. The first-order valence-corrected chi connectivity index (χ1v) is 5.69. The summed E-state index contributed by atoms with van der Waals surface area (Å²) in [6, 6.07) is 3.15. The molecule has 0 unspecified atom stereocenters. The fourth-order valence-electron chi connectivity index (χ4n) is 1.22. The van der Waals surface area contributed by atoms with Crippen LogP contribution in [-0.4, -0.2) is 16.2 Å². The van der Waals surface area contributed by atoms with E-state index in [-0.39, 0.29) is 5.75 Å². The molecule has 72 valence electrons. The van der Waals surface area contributed by atoms with E-state index < -0.39 is 5.97 Å². The predicted octanol–water partition coefficient (Wildman–Crippen LogP) is 2.91. The van der Waals surface area contributed by atoms with Crippen molar-refractivity contribution in [3.63, 3.8) is 0 Å². The molecule has 0 aliphatic heterocycles. The molecular formula is C9H5IO3S. The highest BCUT2D eigenvalue weighted by Crippen LogP contribution is 2.34. The molecule has 0 bridgehead atoms. The summed E-state index contributed by atoms with van der Waals surface area (Å²) in [6.07, 6.45) is 0. The van der Waals surface area contributed by atoms with E-state index in [1.54, 1.807) is 11.4 Å². The number of rotatable bonds is 1. The Balaban J connectivity index is 2.83. The van der Waals surface area contributed by atoms with Gasteiger partial charge in [-0.15, -0.1) is 11.3 Å². The summed E-state index contributed by atoms with van der Waals surface area (Å²) >= 11 is 3.34. The molecule has 0 radical (unpaired) electrons. The van der Waals surface area contributed by atoms with Crippen molar-refractivity contribution in [3.8, 4) is 5.75 Å². The van der Waals surface area contributed by atoms with Gasteiger partial charge in [0, 0.05) is 10.8 Å². The molecule has 2 rings (SSSR count). The van der Waals surface area contributed by atoms with Gasteiger partial charge in [0.2, 0.25) is 0 Å². The standard InChI is InChI=1S/C9H5IO3S/c10-7-6(11)2-1-4-5(9(12)13)3-14-8(4)7/h1-3,11H,(H,12,13). The Hall–Kier alpha value is -0.820. The third kappa shape index (κ3) is 1.36. The molecule has 0 spiro atoms. The number of carboxylic acid groups (broad SMARTS) is 1. The molecule has 1 heterocycles. The number of carboxylic acids is 1. The Morgan fingerprint density at radius 2 is 2.14 bits per heavy atom. The quantitative estimate of drug-likeness (QED) is 0.795. The molecule has 0 amide bonds. The van der Waals surface area contributed by atoms with Gasteiger partial charge in [-0.1, -0.05) is 0 Å². The Kier molecular flexibility index (Phi) is 2.36. The van der Waals surface area contributed by atoms with Crippen LogP contribution >= 0.6 is 33.9 Å². The summed E-state index contributed by atoms with van der Waals surface area (Å²) in [5.74, 6) is -0.741. The monoisotopic (exact) mass is 320 g/mol. The van der Waals surface area contributed by atoms with Crippen LogP contribution in [0.3, 0.4) is 0 Å². The van der Waals surface area contributed by atoms with E-state index in [1.807, 2.05) is 22.6 Å². The number of hydrogen-bond donors (Lipinski definition) is 2. The van der Waals surface area contributed by atoms with Gasteiger partial charge in [0.05, 0.1) is 13.8 Å². The van der Waals surface area contributed by atoms with Crippen LogP contribution in [0.1, 0.15) is 10.4 Å². The first kappa shape index (κ1) is 9.72. The van der Waals surface area contributed by atoms with Gasteiger partial charge in [-0.2, -0.15) is 0 Å². The van der Waals surface area contributed by atoms with E-state index in [1.165, 1.54) is 17.4 Å². The molecule has 3 nitrogen and oxygen atoms in total. The molecule has 5 heteroatoms. The Labute approximate surface area is 97.1 Å². The molecule has 0 fully saturated rings. The summed E-state index contributed by atoms with van der Waals surface area (Å²) in [5, 5.41) is 20.6. The zero-order chi connectivity index (χ0) is 10.3. The Morgan fingerprint density at radius 1 is 1.43 bits per heavy atom. The van der Waals surface area contributed by atoms with Crippen LogP contribution in [0.25, 0.3) is 10.1 Å². The Morgan fingerprint density at radius 3 is 2.79 bits per heavy atom. The number of aromatic carboxylic acids is 1. The third-order valence-electron chi connectivity index (χ3n) is 1.89. The number of phenols is 1. The van der Waals surface area contributed by atoms with Crippen LogP contribution in [-0.2, 0) is 0 Å². The lowest BCUT2D eigenvalue weighted by Gasteiger charge is -1.98. The SMILES string of the molecule is O=C(O)c1csc2c(I)c(O)ccc12. The summed E-state index contributed by atoms with van der Waals surface area (Å²) in [7, 11) is 0.